The lowest BCUT2D eigenvalue weighted by molar-refractivity contribution is -0.117. The molecule has 1 amide bonds. The third kappa shape index (κ3) is 4.24. The minimum absolute atomic E-state index is 0.0586. The van der Waals surface area contributed by atoms with Crippen molar-refractivity contribution in [3.05, 3.63) is 59.5 Å². The smallest absolute Gasteiger partial charge is 0.244 e. The van der Waals surface area contributed by atoms with Crippen molar-refractivity contribution in [3.8, 4) is 0 Å². The molecule has 20 heavy (non-hydrogen) atoms. The zero-order valence-electron chi connectivity index (χ0n) is 10.7. The Morgan fingerprint density at radius 3 is 2.40 bits per heavy atom. The number of rotatable bonds is 5. The molecule has 0 aromatic heterocycles. The average molecular weight is 285 g/mol. The van der Waals surface area contributed by atoms with E-state index in [0.29, 0.717) is 0 Å². The van der Waals surface area contributed by atoms with Gasteiger partial charge in [-0.1, -0.05) is 18.2 Å². The van der Waals surface area contributed by atoms with E-state index in [0.717, 1.165) is 12.1 Å². The number of aliphatic hydroxyl groups is 1. The molecule has 1 aromatic carbocycles. The quantitative estimate of drug-likeness (QED) is 0.496. The van der Waals surface area contributed by atoms with Gasteiger partial charge in [-0.2, -0.15) is 0 Å². The van der Waals surface area contributed by atoms with Crippen LogP contribution in [-0.4, -0.2) is 17.6 Å². The van der Waals surface area contributed by atoms with E-state index in [4.69, 9.17) is 5.11 Å². The molecule has 0 spiro atoms. The van der Waals surface area contributed by atoms with E-state index in [1.54, 1.807) is 19.1 Å². The van der Waals surface area contributed by atoms with Gasteiger partial charge >= 0.3 is 0 Å². The van der Waals surface area contributed by atoms with Crippen LogP contribution < -0.4 is 5.32 Å². The maximum atomic E-state index is 13.1. The van der Waals surface area contributed by atoms with Gasteiger partial charge in [0.05, 0.1) is 12.6 Å². The number of carbonyl (C=O) groups is 1. The first-order valence-corrected chi connectivity index (χ1v) is 5.84. The van der Waals surface area contributed by atoms with Crippen LogP contribution >= 0.6 is 0 Å². The second-order valence-corrected chi connectivity index (χ2v) is 3.93. The third-order valence-electron chi connectivity index (χ3n) is 2.46. The topological polar surface area (TPSA) is 49.3 Å². The number of carbonyl (C=O) groups excluding carboxylic acids is 1. The second-order valence-electron chi connectivity index (χ2n) is 3.93. The Morgan fingerprint density at radius 1 is 1.30 bits per heavy atom. The molecule has 0 radical (unpaired) electrons. The summed E-state index contributed by atoms with van der Waals surface area (Å²) in [5.41, 5.74) is -0.0586. The van der Waals surface area contributed by atoms with Gasteiger partial charge in [0.1, 0.15) is 0 Å². The maximum absolute atomic E-state index is 13.1. The molecule has 1 unspecified atom stereocenters. The van der Waals surface area contributed by atoms with Crippen LogP contribution in [0.25, 0.3) is 0 Å². The number of nitrogens with one attached hydrogen (secondary N) is 1. The van der Waals surface area contributed by atoms with Crippen molar-refractivity contribution < 1.29 is 23.1 Å². The van der Waals surface area contributed by atoms with Crippen molar-refractivity contribution in [1.82, 2.24) is 5.32 Å². The molecule has 0 heterocycles. The Labute approximate surface area is 114 Å². The Bertz CT molecular complexity index is 518. The number of benzene rings is 1. The van der Waals surface area contributed by atoms with Crippen molar-refractivity contribution in [2.24, 2.45) is 0 Å². The van der Waals surface area contributed by atoms with Gasteiger partial charge in [0.2, 0.25) is 5.91 Å². The van der Waals surface area contributed by atoms with Crippen LogP contribution in [0.3, 0.4) is 0 Å². The molecule has 0 bridgehead atoms. The van der Waals surface area contributed by atoms with E-state index >= 15 is 0 Å². The largest absolute Gasteiger partial charge is 0.394 e. The number of halogens is 3. The van der Waals surface area contributed by atoms with E-state index in [-0.39, 0.29) is 5.56 Å². The Balaban J connectivity index is 2.89. The highest BCUT2D eigenvalue weighted by molar-refractivity contribution is 5.88. The minimum Gasteiger partial charge on any atom is -0.394 e. The predicted octanol–water partition coefficient (Wildman–Crippen LogP) is 2.39. The molecule has 1 rings (SSSR count). The first kappa shape index (κ1) is 16.0. The molecule has 0 fully saturated rings. The monoisotopic (exact) mass is 285 g/mol. The molecule has 0 saturated carbocycles. The maximum Gasteiger partial charge on any atom is 0.244 e. The van der Waals surface area contributed by atoms with Crippen LogP contribution in [0.1, 0.15) is 18.5 Å². The fourth-order valence-corrected chi connectivity index (χ4v) is 1.48. The van der Waals surface area contributed by atoms with Crippen LogP contribution in [-0.2, 0) is 4.79 Å². The van der Waals surface area contributed by atoms with Gasteiger partial charge in [0.15, 0.2) is 17.5 Å². The first-order chi connectivity index (χ1) is 9.49. The Kier molecular flexibility index (Phi) is 5.99. The van der Waals surface area contributed by atoms with Gasteiger partial charge in [-0.3, -0.25) is 4.79 Å². The van der Waals surface area contributed by atoms with E-state index in [1.807, 2.05) is 0 Å². The summed E-state index contributed by atoms with van der Waals surface area (Å²) in [4.78, 5) is 11.5. The summed E-state index contributed by atoms with van der Waals surface area (Å²) >= 11 is 0. The van der Waals surface area contributed by atoms with Crippen LogP contribution in [0.5, 0.6) is 0 Å². The molecule has 108 valence electrons. The molecule has 0 aliphatic heterocycles. The van der Waals surface area contributed by atoms with Crippen LogP contribution in [0.4, 0.5) is 13.2 Å². The zero-order valence-corrected chi connectivity index (χ0v) is 10.7. The van der Waals surface area contributed by atoms with E-state index < -0.39 is 36.0 Å². The zero-order chi connectivity index (χ0) is 15.1. The van der Waals surface area contributed by atoms with Crippen molar-refractivity contribution in [1.29, 1.82) is 0 Å². The van der Waals surface area contributed by atoms with Gasteiger partial charge in [0, 0.05) is 6.08 Å². The summed E-state index contributed by atoms with van der Waals surface area (Å²) in [5.74, 6) is -4.90. The van der Waals surface area contributed by atoms with Gasteiger partial charge in [-0.05, 0) is 24.6 Å². The Morgan fingerprint density at radius 2 is 1.90 bits per heavy atom. The Hall–Kier alpha value is -2.08. The van der Waals surface area contributed by atoms with Crippen LogP contribution in [0.15, 0.2) is 36.4 Å². The van der Waals surface area contributed by atoms with Crippen molar-refractivity contribution in [3.63, 3.8) is 0 Å². The lowest BCUT2D eigenvalue weighted by Gasteiger charge is -2.16. The summed E-state index contributed by atoms with van der Waals surface area (Å²) in [6, 6.07) is 0.437. The molecule has 0 aliphatic rings. The lowest BCUT2D eigenvalue weighted by atomic mass is 10.1. The van der Waals surface area contributed by atoms with Crippen molar-refractivity contribution >= 4 is 5.91 Å². The molecule has 2 N–H and O–H groups in total. The summed E-state index contributed by atoms with van der Waals surface area (Å²) in [7, 11) is 0. The van der Waals surface area contributed by atoms with Gasteiger partial charge in [-0.15, -0.1) is 0 Å². The normalized spacial score (nSPS) is 13.1. The molecule has 0 aliphatic carbocycles. The minimum atomic E-state index is -1.59. The van der Waals surface area contributed by atoms with Crippen LogP contribution in [0, 0.1) is 17.5 Å². The molecular formula is C14H14F3NO2. The van der Waals surface area contributed by atoms with Gasteiger partial charge in [0.25, 0.3) is 0 Å². The summed E-state index contributed by atoms with van der Waals surface area (Å²) < 4.78 is 39.0. The first-order valence-electron chi connectivity index (χ1n) is 5.84. The number of hydrogen-bond acceptors (Lipinski definition) is 2. The van der Waals surface area contributed by atoms with Gasteiger partial charge in [-0.25, -0.2) is 13.2 Å². The highest BCUT2D eigenvalue weighted by atomic mass is 19.2. The lowest BCUT2D eigenvalue weighted by Crippen LogP contribution is -2.29. The second kappa shape index (κ2) is 7.49. The summed E-state index contributed by atoms with van der Waals surface area (Å²) in [6.45, 7) is 1.19. The number of amides is 1. The molecule has 1 aromatic rings. The molecular weight excluding hydrogens is 271 g/mol. The van der Waals surface area contributed by atoms with Crippen LogP contribution in [0.2, 0.25) is 0 Å². The van der Waals surface area contributed by atoms with E-state index in [2.05, 4.69) is 5.32 Å². The molecule has 3 nitrogen and oxygen atoms in total. The fourth-order valence-electron chi connectivity index (χ4n) is 1.48. The van der Waals surface area contributed by atoms with Gasteiger partial charge < -0.3 is 10.4 Å². The fraction of sp³-hybridized carbons (Fsp3) is 0.214. The molecule has 0 saturated heterocycles. The van der Waals surface area contributed by atoms with Crippen molar-refractivity contribution in [2.45, 2.75) is 13.0 Å². The highest BCUT2D eigenvalue weighted by Crippen LogP contribution is 2.19. The van der Waals surface area contributed by atoms with E-state index in [9.17, 15) is 18.0 Å². The number of allylic oxidation sites excluding steroid dienone is 3. The van der Waals surface area contributed by atoms with E-state index in [1.165, 1.54) is 12.2 Å². The standard InChI is InChI=1S/C14H14F3NO2/c1-2-3-4-5-13(20)18-12(8-19)9-6-10(15)14(17)11(16)7-9/h2-7,12,19H,8H2,1H3,(H,18,20). The predicted molar refractivity (Wildman–Crippen MR) is 68.2 cm³/mol. The number of hydrogen-bond donors (Lipinski definition) is 2. The van der Waals surface area contributed by atoms with Crippen molar-refractivity contribution in [2.75, 3.05) is 6.61 Å². The SMILES string of the molecule is CC=CC=CC(=O)NC(CO)c1cc(F)c(F)c(F)c1. The summed E-state index contributed by atoms with van der Waals surface area (Å²) in [6.07, 6.45) is 5.98. The number of aliphatic hydroxyl groups excluding tert-OH is 1. The molecule has 6 heteroatoms. The molecule has 1 atom stereocenters. The third-order valence-corrected chi connectivity index (χ3v) is 2.46. The summed E-state index contributed by atoms with van der Waals surface area (Å²) in [5, 5.41) is 11.5. The average Bonchev–Trinajstić information content (AvgIpc) is 2.42. The highest BCUT2D eigenvalue weighted by Gasteiger charge is 2.17.